The molecule has 0 aromatic carbocycles. The van der Waals surface area contributed by atoms with Crippen LogP contribution in [0.15, 0.2) is 12.7 Å². The van der Waals surface area contributed by atoms with E-state index in [0.29, 0.717) is 6.54 Å². The van der Waals surface area contributed by atoms with Gasteiger partial charge in [-0.2, -0.15) is 13.5 Å². The molecule has 0 aromatic rings. The maximum absolute atomic E-state index is 10.6. The molecule has 0 unspecified atom stereocenters. The quantitative estimate of drug-likeness (QED) is 0.313. The molecule has 0 aliphatic carbocycles. The molecule has 0 aromatic heterocycles. The maximum atomic E-state index is 10.6. The maximum Gasteiger partial charge on any atom is 0.0964 e. The van der Waals surface area contributed by atoms with Gasteiger partial charge in [0, 0.05) is 0 Å². The van der Waals surface area contributed by atoms with E-state index in [0.717, 1.165) is 0 Å². The average Bonchev–Trinajstić information content (AvgIpc) is 1.30. The number of hydrogen-bond donors (Lipinski definition) is 0. The van der Waals surface area contributed by atoms with E-state index in [1.54, 1.807) is 20.2 Å². The highest BCUT2D eigenvalue weighted by Crippen LogP contribution is 1.88. The fourth-order valence-electron chi connectivity index (χ4n) is 0.311. The Morgan fingerprint density at radius 1 is 1.62 bits per heavy atom. The highest BCUT2D eigenvalue weighted by molar-refractivity contribution is 7.59. The lowest BCUT2D eigenvalue weighted by Crippen LogP contribution is -2.31. The molecule has 50 valence electrons. The van der Waals surface area contributed by atoms with Crippen LogP contribution in [-0.2, 0) is 0 Å². The Kier molecular flexibility index (Phi) is 5.38. The van der Waals surface area contributed by atoms with E-state index in [4.69, 9.17) is 0 Å². The van der Waals surface area contributed by atoms with Crippen molar-refractivity contribution in [3.05, 3.63) is 17.9 Å². The van der Waals surface area contributed by atoms with Crippen LogP contribution in [0, 0.1) is 5.21 Å². The molecule has 2 nitrogen and oxygen atoms in total. The first-order valence-electron chi connectivity index (χ1n) is 2.21. The SMILES string of the molecule is C=CC[N+](C)(C)[O-].S. The van der Waals surface area contributed by atoms with Crippen LogP contribution in [0.2, 0.25) is 0 Å². The molecule has 8 heavy (non-hydrogen) atoms. The molecule has 0 spiro atoms. The summed E-state index contributed by atoms with van der Waals surface area (Å²) >= 11 is 0. The zero-order chi connectivity index (χ0) is 5.91. The van der Waals surface area contributed by atoms with Gasteiger partial charge in [0.2, 0.25) is 0 Å². The van der Waals surface area contributed by atoms with Crippen LogP contribution in [0.5, 0.6) is 0 Å². The molecule has 3 heteroatoms. The Morgan fingerprint density at radius 2 is 2.00 bits per heavy atom. The Hall–Kier alpha value is 0.0100. The first-order chi connectivity index (χ1) is 3.06. The van der Waals surface area contributed by atoms with Gasteiger partial charge in [-0.15, -0.1) is 0 Å². The van der Waals surface area contributed by atoms with Crippen molar-refractivity contribution in [2.45, 2.75) is 0 Å². The van der Waals surface area contributed by atoms with Gasteiger partial charge in [0.05, 0.1) is 20.6 Å². The van der Waals surface area contributed by atoms with E-state index >= 15 is 0 Å². The van der Waals surface area contributed by atoms with Crippen molar-refractivity contribution in [3.8, 4) is 0 Å². The fourth-order valence-corrected chi connectivity index (χ4v) is 0.311. The summed E-state index contributed by atoms with van der Waals surface area (Å²) in [6, 6.07) is 0. The number of rotatable bonds is 2. The number of hydrogen-bond acceptors (Lipinski definition) is 1. The Balaban J connectivity index is 0. The third kappa shape index (κ3) is 9.38. The zero-order valence-electron chi connectivity index (χ0n) is 5.35. The van der Waals surface area contributed by atoms with Crippen LogP contribution >= 0.6 is 13.5 Å². The first-order valence-corrected chi connectivity index (χ1v) is 2.21. The molecule has 0 radical (unpaired) electrons. The van der Waals surface area contributed by atoms with Crippen molar-refractivity contribution in [2.24, 2.45) is 0 Å². The summed E-state index contributed by atoms with van der Waals surface area (Å²) < 4.78 is -0.274. The molecule has 0 bridgehead atoms. The van der Waals surface area contributed by atoms with Gasteiger partial charge >= 0.3 is 0 Å². The Morgan fingerprint density at radius 3 is 2.00 bits per heavy atom. The second-order valence-electron chi connectivity index (χ2n) is 2.05. The van der Waals surface area contributed by atoms with Crippen LogP contribution in [0.25, 0.3) is 0 Å². The van der Waals surface area contributed by atoms with Crippen molar-refractivity contribution >= 4 is 13.5 Å². The second-order valence-corrected chi connectivity index (χ2v) is 2.05. The average molecular weight is 135 g/mol. The van der Waals surface area contributed by atoms with Crippen LogP contribution in [-0.4, -0.2) is 25.3 Å². The number of nitrogens with zero attached hydrogens (tertiary/aromatic N) is 1. The summed E-state index contributed by atoms with van der Waals surface area (Å²) in [6.45, 7) is 3.92. The van der Waals surface area contributed by atoms with Gasteiger partial charge in [0.25, 0.3) is 0 Å². The smallest absolute Gasteiger partial charge is 0.0964 e. The lowest BCUT2D eigenvalue weighted by Gasteiger charge is -2.31. The van der Waals surface area contributed by atoms with E-state index < -0.39 is 0 Å². The van der Waals surface area contributed by atoms with Gasteiger partial charge in [-0.25, -0.2) is 0 Å². The molecule has 0 aliphatic heterocycles. The van der Waals surface area contributed by atoms with Crippen molar-refractivity contribution < 1.29 is 4.65 Å². The molecular formula is C5H13NOS. The summed E-state index contributed by atoms with van der Waals surface area (Å²) in [4.78, 5) is 0. The minimum Gasteiger partial charge on any atom is -0.633 e. The highest BCUT2D eigenvalue weighted by Gasteiger charge is 1.92. The first kappa shape index (κ1) is 10.9. The molecule has 0 heterocycles. The van der Waals surface area contributed by atoms with E-state index in [9.17, 15) is 5.21 Å². The molecule has 0 rings (SSSR count). The van der Waals surface area contributed by atoms with Crippen molar-refractivity contribution in [1.29, 1.82) is 0 Å². The standard InChI is InChI=1S/C5H11NO.H2S/c1-4-5-6(2,3)7;/h4H,1,5H2,2-3H3;1H2. The Bertz CT molecular complexity index is 67.3. The van der Waals surface area contributed by atoms with Crippen LogP contribution in [0.1, 0.15) is 0 Å². The van der Waals surface area contributed by atoms with Crippen LogP contribution < -0.4 is 0 Å². The molecule has 0 amide bonds. The van der Waals surface area contributed by atoms with Crippen molar-refractivity contribution in [2.75, 3.05) is 20.6 Å². The van der Waals surface area contributed by atoms with Gasteiger partial charge in [0.1, 0.15) is 0 Å². The lowest BCUT2D eigenvalue weighted by atomic mass is 10.6. The van der Waals surface area contributed by atoms with Crippen molar-refractivity contribution in [1.82, 2.24) is 0 Å². The largest absolute Gasteiger partial charge is 0.633 e. The van der Waals surface area contributed by atoms with Crippen LogP contribution in [0.4, 0.5) is 0 Å². The molecule has 0 atom stereocenters. The molecule has 0 N–H and O–H groups in total. The third-order valence-electron chi connectivity index (χ3n) is 0.569. The monoisotopic (exact) mass is 135 g/mol. The number of quaternary nitrogens is 1. The molecule has 0 saturated heterocycles. The highest BCUT2D eigenvalue weighted by atomic mass is 32.1. The molecule has 0 fully saturated rings. The van der Waals surface area contributed by atoms with Crippen LogP contribution in [0.3, 0.4) is 0 Å². The minimum atomic E-state index is -0.274. The van der Waals surface area contributed by atoms with Gasteiger partial charge in [0.15, 0.2) is 0 Å². The topological polar surface area (TPSA) is 23.1 Å². The van der Waals surface area contributed by atoms with Gasteiger partial charge in [-0.05, 0) is 6.08 Å². The lowest BCUT2D eigenvalue weighted by molar-refractivity contribution is -0.833. The predicted molar refractivity (Wildman–Crippen MR) is 40.9 cm³/mol. The molecule has 0 saturated carbocycles. The minimum absolute atomic E-state index is 0. The number of likely N-dealkylation sites (N-methyl/N-ethyl adjacent to an activating group) is 1. The summed E-state index contributed by atoms with van der Waals surface area (Å²) in [5, 5.41) is 10.6. The summed E-state index contributed by atoms with van der Waals surface area (Å²) in [6.07, 6.45) is 1.62. The number of hydroxylamine groups is 3. The summed E-state index contributed by atoms with van der Waals surface area (Å²) in [5.41, 5.74) is 0. The van der Waals surface area contributed by atoms with E-state index in [2.05, 4.69) is 6.58 Å². The second kappa shape index (κ2) is 3.95. The Labute approximate surface area is 57.4 Å². The third-order valence-corrected chi connectivity index (χ3v) is 0.569. The predicted octanol–water partition coefficient (Wildman–Crippen LogP) is 0.859. The zero-order valence-corrected chi connectivity index (χ0v) is 6.35. The van der Waals surface area contributed by atoms with E-state index in [1.807, 2.05) is 0 Å². The van der Waals surface area contributed by atoms with Gasteiger partial charge < -0.3 is 9.85 Å². The van der Waals surface area contributed by atoms with E-state index in [-0.39, 0.29) is 18.1 Å². The van der Waals surface area contributed by atoms with E-state index in [1.165, 1.54) is 0 Å². The van der Waals surface area contributed by atoms with Gasteiger partial charge in [-0.3, -0.25) is 0 Å². The van der Waals surface area contributed by atoms with Gasteiger partial charge in [-0.1, -0.05) is 6.58 Å². The molecule has 0 aliphatic rings. The fraction of sp³-hybridized carbons (Fsp3) is 0.600. The summed E-state index contributed by atoms with van der Waals surface area (Å²) in [7, 11) is 3.17. The van der Waals surface area contributed by atoms with Crippen molar-refractivity contribution in [3.63, 3.8) is 0 Å². The normalized spacial score (nSPS) is 9.88. The molecular weight excluding hydrogens is 122 g/mol. The summed E-state index contributed by atoms with van der Waals surface area (Å²) in [5.74, 6) is 0.